The number of methoxy groups -OCH3 is 1. The maximum atomic E-state index is 5.52. The summed E-state index contributed by atoms with van der Waals surface area (Å²) in [6, 6.07) is 12.8. The molecule has 0 saturated carbocycles. The predicted molar refractivity (Wildman–Crippen MR) is 109 cm³/mol. The van der Waals surface area contributed by atoms with Crippen molar-refractivity contribution in [2.75, 3.05) is 37.4 Å². The lowest BCUT2D eigenvalue weighted by Gasteiger charge is -2.42. The Bertz CT molecular complexity index is 768. The summed E-state index contributed by atoms with van der Waals surface area (Å²) >= 11 is 2.01. The topological polar surface area (TPSA) is 37.4 Å². The Labute approximate surface area is 160 Å². The molecule has 4 rings (SSSR count). The van der Waals surface area contributed by atoms with Crippen molar-refractivity contribution in [1.82, 2.24) is 10.3 Å². The van der Waals surface area contributed by atoms with Crippen LogP contribution in [0, 0.1) is 0 Å². The van der Waals surface area contributed by atoms with Crippen LogP contribution in [0.1, 0.15) is 31.2 Å². The highest BCUT2D eigenvalue weighted by atomic mass is 32.2. The van der Waals surface area contributed by atoms with E-state index in [0.29, 0.717) is 5.92 Å². The van der Waals surface area contributed by atoms with Gasteiger partial charge in [0.05, 0.1) is 7.11 Å². The summed E-state index contributed by atoms with van der Waals surface area (Å²) in [5, 5.41) is 3.76. The molecule has 2 atom stereocenters. The van der Waals surface area contributed by atoms with Crippen LogP contribution in [0.15, 0.2) is 47.5 Å². The summed E-state index contributed by atoms with van der Waals surface area (Å²) in [7, 11) is 1.72. The Kier molecular flexibility index (Phi) is 5.09. The quantitative estimate of drug-likeness (QED) is 0.864. The van der Waals surface area contributed by atoms with Crippen LogP contribution in [0.3, 0.4) is 0 Å². The normalized spacial score (nSPS) is 25.2. The second kappa shape index (κ2) is 7.49. The fourth-order valence-electron chi connectivity index (χ4n) is 4.14. The number of hydrogen-bond acceptors (Lipinski definition) is 5. The maximum Gasteiger partial charge on any atom is 0.171 e. The van der Waals surface area contributed by atoms with Gasteiger partial charge in [-0.05, 0) is 49.4 Å². The van der Waals surface area contributed by atoms with Crippen molar-refractivity contribution in [1.29, 1.82) is 0 Å². The zero-order chi connectivity index (χ0) is 18.0. The van der Waals surface area contributed by atoms with E-state index in [1.807, 2.05) is 30.1 Å². The van der Waals surface area contributed by atoms with Crippen LogP contribution in [-0.4, -0.2) is 43.0 Å². The summed E-state index contributed by atoms with van der Waals surface area (Å²) < 4.78 is 5.52. The van der Waals surface area contributed by atoms with E-state index in [2.05, 4.69) is 46.4 Å². The largest absolute Gasteiger partial charge is 0.493 e. The number of benzene rings is 1. The number of thioether (sulfide) groups is 1. The van der Waals surface area contributed by atoms with Gasteiger partial charge in [0.25, 0.3) is 0 Å². The molecule has 1 N–H and O–H groups in total. The molecule has 26 heavy (non-hydrogen) atoms. The van der Waals surface area contributed by atoms with E-state index in [0.717, 1.165) is 37.6 Å². The van der Waals surface area contributed by atoms with E-state index in [-0.39, 0.29) is 5.54 Å². The molecule has 4 nitrogen and oxygen atoms in total. The molecule has 0 bridgehead atoms. The highest BCUT2D eigenvalue weighted by Crippen LogP contribution is 2.42. The standard InChI is InChI=1S/C21H27N3OS/c1-21(10-9-16-14-26-19-8-4-3-6-17(16)19)15-24(13-12-23-21)20-18(25-2)7-5-11-22-20/h3-8,11,16,23H,9-10,12-15H2,1-2H3. The van der Waals surface area contributed by atoms with Crippen LogP contribution >= 0.6 is 11.8 Å². The van der Waals surface area contributed by atoms with Gasteiger partial charge < -0.3 is 15.0 Å². The monoisotopic (exact) mass is 369 g/mol. The first kappa shape index (κ1) is 17.7. The third-order valence-corrected chi connectivity index (χ3v) is 6.84. The second-order valence-corrected chi connectivity index (χ2v) is 8.58. The van der Waals surface area contributed by atoms with Crippen LogP contribution < -0.4 is 15.0 Å². The Hall–Kier alpha value is -1.72. The van der Waals surface area contributed by atoms with E-state index in [4.69, 9.17) is 4.74 Å². The number of piperazine rings is 1. The first-order valence-corrected chi connectivity index (χ1v) is 10.4. The lowest BCUT2D eigenvalue weighted by Crippen LogP contribution is -2.59. The molecule has 1 fully saturated rings. The average Bonchev–Trinajstić information content (AvgIpc) is 3.10. The Balaban J connectivity index is 1.43. The molecule has 0 amide bonds. The number of nitrogens with zero attached hydrogens (tertiary/aromatic N) is 2. The van der Waals surface area contributed by atoms with Crippen molar-refractivity contribution in [3.63, 3.8) is 0 Å². The number of pyridine rings is 1. The zero-order valence-electron chi connectivity index (χ0n) is 15.6. The van der Waals surface area contributed by atoms with Gasteiger partial charge in [0, 0.05) is 42.0 Å². The molecule has 138 valence electrons. The van der Waals surface area contributed by atoms with Crippen molar-refractivity contribution in [2.45, 2.75) is 36.1 Å². The van der Waals surface area contributed by atoms with Crippen LogP contribution in [0.5, 0.6) is 5.75 Å². The van der Waals surface area contributed by atoms with Gasteiger partial charge >= 0.3 is 0 Å². The second-order valence-electron chi connectivity index (χ2n) is 7.52. The van der Waals surface area contributed by atoms with E-state index >= 15 is 0 Å². The molecular weight excluding hydrogens is 342 g/mol. The van der Waals surface area contributed by atoms with Crippen LogP contribution in [-0.2, 0) is 0 Å². The van der Waals surface area contributed by atoms with Gasteiger partial charge in [0.1, 0.15) is 0 Å². The van der Waals surface area contributed by atoms with Gasteiger partial charge in [-0.15, -0.1) is 11.8 Å². The van der Waals surface area contributed by atoms with Gasteiger partial charge in [-0.1, -0.05) is 18.2 Å². The minimum absolute atomic E-state index is 0.100. The fraction of sp³-hybridized carbons (Fsp3) is 0.476. The van der Waals surface area contributed by atoms with Gasteiger partial charge in [-0.3, -0.25) is 0 Å². The first-order valence-electron chi connectivity index (χ1n) is 9.39. The van der Waals surface area contributed by atoms with Gasteiger partial charge in [-0.25, -0.2) is 4.98 Å². The summed E-state index contributed by atoms with van der Waals surface area (Å²) in [4.78, 5) is 8.42. The third kappa shape index (κ3) is 3.55. The van der Waals surface area contributed by atoms with Gasteiger partial charge in [-0.2, -0.15) is 0 Å². The molecule has 3 heterocycles. The molecule has 2 aliphatic heterocycles. The molecule has 1 aromatic carbocycles. The van der Waals surface area contributed by atoms with E-state index < -0.39 is 0 Å². The molecule has 0 spiro atoms. The molecule has 0 radical (unpaired) electrons. The minimum atomic E-state index is 0.100. The Morgan fingerprint density at radius 3 is 3.08 bits per heavy atom. The zero-order valence-corrected chi connectivity index (χ0v) is 16.4. The molecule has 1 saturated heterocycles. The third-order valence-electron chi connectivity index (χ3n) is 5.59. The Morgan fingerprint density at radius 1 is 1.31 bits per heavy atom. The number of nitrogens with one attached hydrogen (secondary N) is 1. The average molecular weight is 370 g/mol. The first-order chi connectivity index (χ1) is 12.7. The number of ether oxygens (including phenoxy) is 1. The van der Waals surface area contributed by atoms with Gasteiger partial charge in [0.2, 0.25) is 0 Å². The van der Waals surface area contributed by atoms with E-state index in [1.165, 1.54) is 17.1 Å². The van der Waals surface area contributed by atoms with Crippen molar-refractivity contribution in [3.8, 4) is 5.75 Å². The lowest BCUT2D eigenvalue weighted by molar-refractivity contribution is 0.289. The number of fused-ring (bicyclic) bond motifs is 1. The molecule has 2 unspecified atom stereocenters. The molecule has 2 aromatic rings. The number of anilines is 1. The fourth-order valence-corrected chi connectivity index (χ4v) is 5.44. The van der Waals surface area contributed by atoms with Crippen LogP contribution in [0.25, 0.3) is 0 Å². The minimum Gasteiger partial charge on any atom is -0.493 e. The summed E-state index contributed by atoms with van der Waals surface area (Å²) in [5.74, 6) is 3.71. The van der Waals surface area contributed by atoms with Crippen LogP contribution in [0.2, 0.25) is 0 Å². The molecule has 2 aliphatic rings. The summed E-state index contributed by atoms with van der Waals surface area (Å²) in [6.07, 6.45) is 4.24. The molecule has 5 heteroatoms. The van der Waals surface area contributed by atoms with Crippen molar-refractivity contribution >= 4 is 17.6 Å². The van der Waals surface area contributed by atoms with Crippen molar-refractivity contribution in [2.24, 2.45) is 0 Å². The highest BCUT2D eigenvalue weighted by Gasteiger charge is 2.33. The number of hydrogen-bond donors (Lipinski definition) is 1. The highest BCUT2D eigenvalue weighted by molar-refractivity contribution is 7.99. The maximum absolute atomic E-state index is 5.52. The smallest absolute Gasteiger partial charge is 0.171 e. The van der Waals surface area contributed by atoms with E-state index in [1.54, 1.807) is 12.7 Å². The van der Waals surface area contributed by atoms with Crippen molar-refractivity contribution < 1.29 is 4.74 Å². The predicted octanol–water partition coefficient (Wildman–Crippen LogP) is 3.93. The number of rotatable bonds is 5. The van der Waals surface area contributed by atoms with Crippen molar-refractivity contribution in [3.05, 3.63) is 48.2 Å². The summed E-state index contributed by atoms with van der Waals surface area (Å²) in [5.41, 5.74) is 1.64. The lowest BCUT2D eigenvalue weighted by atomic mass is 9.87. The van der Waals surface area contributed by atoms with Crippen LogP contribution in [0.4, 0.5) is 5.82 Å². The van der Waals surface area contributed by atoms with E-state index in [9.17, 15) is 0 Å². The Morgan fingerprint density at radius 2 is 2.19 bits per heavy atom. The number of aromatic nitrogens is 1. The molecule has 1 aromatic heterocycles. The molecule has 0 aliphatic carbocycles. The summed E-state index contributed by atoms with van der Waals surface area (Å²) in [6.45, 7) is 5.25. The SMILES string of the molecule is COc1cccnc1N1CCNC(C)(CCC2CSc3ccccc32)C1. The molecular formula is C21H27N3OS. The van der Waals surface area contributed by atoms with Gasteiger partial charge in [0.15, 0.2) is 11.6 Å².